The number of rotatable bonds is 9. The van der Waals surface area contributed by atoms with Gasteiger partial charge in [-0.1, -0.05) is 27.2 Å². The molecule has 0 saturated heterocycles. The van der Waals surface area contributed by atoms with Gasteiger partial charge in [0, 0.05) is 6.61 Å². The lowest BCUT2D eigenvalue weighted by Gasteiger charge is -2.39. The van der Waals surface area contributed by atoms with E-state index in [0.717, 1.165) is 12.8 Å². The van der Waals surface area contributed by atoms with Crippen molar-refractivity contribution >= 4 is 14.4 Å². The molecule has 0 fully saturated rings. The van der Waals surface area contributed by atoms with Gasteiger partial charge in [0.15, 0.2) is 8.32 Å². The van der Waals surface area contributed by atoms with E-state index in [1.54, 1.807) is 20.8 Å². The Bertz CT molecular complexity index is 428. The highest BCUT2D eigenvalue weighted by molar-refractivity contribution is 6.74. The van der Waals surface area contributed by atoms with Crippen molar-refractivity contribution in [2.24, 2.45) is 0 Å². The Hall–Kier alpha value is -0.883. The van der Waals surface area contributed by atoms with E-state index in [1.165, 1.54) is 6.08 Å². The van der Waals surface area contributed by atoms with Crippen molar-refractivity contribution < 1.29 is 18.3 Å². The van der Waals surface area contributed by atoms with E-state index in [-0.39, 0.29) is 17.4 Å². The highest BCUT2D eigenvalue weighted by Crippen LogP contribution is 2.41. The van der Waals surface area contributed by atoms with Crippen LogP contribution in [0.2, 0.25) is 18.1 Å². The van der Waals surface area contributed by atoms with E-state index < -0.39 is 20.0 Å². The summed E-state index contributed by atoms with van der Waals surface area (Å²) in [5, 5.41) is 2.60. The molecule has 0 heterocycles. The summed E-state index contributed by atoms with van der Waals surface area (Å²) in [6, 6.07) is 0. The van der Waals surface area contributed by atoms with E-state index in [2.05, 4.69) is 39.2 Å². The second kappa shape index (κ2) is 9.56. The first-order valence-corrected chi connectivity index (χ1v) is 11.7. The van der Waals surface area contributed by atoms with Gasteiger partial charge in [-0.15, -0.1) is 0 Å². The number of amides is 1. The molecule has 0 aromatic carbocycles. The molecule has 0 bridgehead atoms. The molecule has 0 rings (SSSR count). The zero-order chi connectivity index (χ0) is 19.0. The zero-order valence-electron chi connectivity index (χ0n) is 16.7. The molecule has 142 valence electrons. The van der Waals surface area contributed by atoms with Crippen LogP contribution in [-0.4, -0.2) is 33.2 Å². The molecule has 0 radical (unpaired) electrons. The summed E-state index contributed by atoms with van der Waals surface area (Å²) >= 11 is 0. The van der Waals surface area contributed by atoms with Crippen LogP contribution in [0.4, 0.5) is 9.18 Å². The Kier molecular flexibility index (Phi) is 9.21. The lowest BCUT2D eigenvalue weighted by atomic mass is 10.1. The number of alkyl carbamates (subject to hydrolysis) is 1. The summed E-state index contributed by atoms with van der Waals surface area (Å²) in [6.07, 6.45) is 3.63. The number of ether oxygens (including phenoxy) is 1. The van der Waals surface area contributed by atoms with Crippen LogP contribution in [0.5, 0.6) is 0 Å². The minimum absolute atomic E-state index is 0.156. The van der Waals surface area contributed by atoms with Crippen molar-refractivity contribution in [3.8, 4) is 0 Å². The van der Waals surface area contributed by atoms with Gasteiger partial charge in [-0.25, -0.2) is 9.18 Å². The molecule has 0 aliphatic heterocycles. The zero-order valence-corrected chi connectivity index (χ0v) is 17.7. The van der Waals surface area contributed by atoms with E-state index in [9.17, 15) is 9.18 Å². The van der Waals surface area contributed by atoms with Crippen LogP contribution in [0.1, 0.15) is 60.8 Å². The summed E-state index contributed by atoms with van der Waals surface area (Å²) in [7, 11) is -1.83. The third kappa shape index (κ3) is 9.42. The molecule has 0 atom stereocenters. The maximum Gasteiger partial charge on any atom is 0.408 e. The molecule has 0 aromatic heterocycles. The summed E-state index contributed by atoms with van der Waals surface area (Å²) in [5.41, 5.74) is -0.584. The first kappa shape index (κ1) is 23.1. The van der Waals surface area contributed by atoms with Crippen LogP contribution in [-0.2, 0) is 9.16 Å². The van der Waals surface area contributed by atoms with Crippen molar-refractivity contribution in [2.45, 2.75) is 84.5 Å². The lowest BCUT2D eigenvalue weighted by Crippen LogP contribution is -2.42. The Morgan fingerprint density at radius 1 is 1.21 bits per heavy atom. The summed E-state index contributed by atoms with van der Waals surface area (Å²) < 4.78 is 24.9. The average molecular weight is 362 g/mol. The van der Waals surface area contributed by atoms with Gasteiger partial charge in [-0.3, -0.25) is 0 Å². The number of hydrogen-bond donors (Lipinski definition) is 1. The fourth-order valence-electron chi connectivity index (χ4n) is 2.19. The lowest BCUT2D eigenvalue weighted by molar-refractivity contribution is 0.0529. The molecular weight excluding hydrogens is 325 g/mol. The Labute approximate surface area is 148 Å². The summed E-state index contributed by atoms with van der Waals surface area (Å²) in [6.45, 7) is 16.8. The summed E-state index contributed by atoms with van der Waals surface area (Å²) in [4.78, 5) is 11.5. The molecule has 6 heteroatoms. The number of nitrogens with one attached hydrogen (secondary N) is 1. The van der Waals surface area contributed by atoms with Crippen molar-refractivity contribution in [1.82, 2.24) is 5.32 Å². The van der Waals surface area contributed by atoms with Crippen LogP contribution >= 0.6 is 0 Å². The van der Waals surface area contributed by atoms with E-state index in [1.807, 2.05) is 0 Å². The molecule has 24 heavy (non-hydrogen) atoms. The van der Waals surface area contributed by atoms with Gasteiger partial charge in [0.25, 0.3) is 0 Å². The highest BCUT2D eigenvalue weighted by atomic mass is 28.4. The van der Waals surface area contributed by atoms with Gasteiger partial charge in [-0.2, -0.15) is 0 Å². The monoisotopic (exact) mass is 361 g/mol. The summed E-state index contributed by atoms with van der Waals surface area (Å²) in [5.74, 6) is -0.378. The van der Waals surface area contributed by atoms with Crippen LogP contribution in [0.25, 0.3) is 0 Å². The number of carbonyl (C=O) groups is 1. The largest absolute Gasteiger partial charge is 0.444 e. The van der Waals surface area contributed by atoms with Crippen LogP contribution in [0.15, 0.2) is 11.9 Å². The van der Waals surface area contributed by atoms with Gasteiger partial charge in [0.2, 0.25) is 0 Å². The van der Waals surface area contributed by atoms with Gasteiger partial charge < -0.3 is 14.5 Å². The number of halogens is 1. The molecule has 4 nitrogen and oxygen atoms in total. The van der Waals surface area contributed by atoms with Crippen LogP contribution < -0.4 is 5.32 Å². The fourth-order valence-corrected chi connectivity index (χ4v) is 4.06. The van der Waals surface area contributed by atoms with Gasteiger partial charge >= 0.3 is 6.09 Å². The molecule has 0 aliphatic rings. The molecule has 0 unspecified atom stereocenters. The standard InChI is InChI=1S/C18H36FNO3Si/c1-9-12-18(5,6)24(7,8)22-13-10-11-15(19)14-20-16(21)23-17(2,3)4/h11H,9-10,12-14H2,1-8H3,(H,20,21)/b15-11-. The fraction of sp³-hybridized carbons (Fsp3) is 0.833. The molecular formula is C18H36FNO3Si. The van der Waals surface area contributed by atoms with E-state index in [0.29, 0.717) is 13.0 Å². The van der Waals surface area contributed by atoms with Gasteiger partial charge in [0.1, 0.15) is 11.4 Å². The highest BCUT2D eigenvalue weighted by Gasteiger charge is 2.39. The van der Waals surface area contributed by atoms with Crippen LogP contribution in [0.3, 0.4) is 0 Å². The Balaban J connectivity index is 4.21. The predicted molar refractivity (Wildman–Crippen MR) is 100 cm³/mol. The second-order valence-corrected chi connectivity index (χ2v) is 13.0. The minimum atomic E-state index is -1.83. The minimum Gasteiger partial charge on any atom is -0.444 e. The quantitative estimate of drug-likeness (QED) is 0.432. The molecule has 1 amide bonds. The third-order valence-corrected chi connectivity index (χ3v) is 8.69. The maximum absolute atomic E-state index is 13.7. The van der Waals surface area contributed by atoms with Crippen molar-refractivity contribution in [2.75, 3.05) is 13.2 Å². The normalized spacial score (nSPS) is 13.8. The van der Waals surface area contributed by atoms with E-state index >= 15 is 0 Å². The molecule has 0 aromatic rings. The third-order valence-electron chi connectivity index (χ3n) is 4.25. The van der Waals surface area contributed by atoms with Gasteiger partial charge in [-0.05, 0) is 57.8 Å². The van der Waals surface area contributed by atoms with E-state index in [4.69, 9.17) is 9.16 Å². The maximum atomic E-state index is 13.7. The van der Waals surface area contributed by atoms with Crippen LogP contribution in [0, 0.1) is 0 Å². The second-order valence-electron chi connectivity index (χ2n) is 8.29. The predicted octanol–water partition coefficient (Wildman–Crippen LogP) is 5.56. The number of hydrogen-bond acceptors (Lipinski definition) is 3. The first-order chi connectivity index (χ1) is 10.8. The SMILES string of the molecule is CCCC(C)(C)[Si](C)(C)OCC/C=C(\F)CNC(=O)OC(C)(C)C. The molecule has 0 aliphatic carbocycles. The smallest absolute Gasteiger partial charge is 0.408 e. The molecule has 1 N–H and O–H groups in total. The molecule has 0 saturated carbocycles. The molecule has 0 spiro atoms. The van der Waals surface area contributed by atoms with Crippen molar-refractivity contribution in [3.05, 3.63) is 11.9 Å². The topological polar surface area (TPSA) is 47.6 Å². The Morgan fingerprint density at radius 3 is 2.29 bits per heavy atom. The average Bonchev–Trinajstić information content (AvgIpc) is 2.39. The first-order valence-electron chi connectivity index (χ1n) is 8.76. The van der Waals surface area contributed by atoms with Crippen molar-refractivity contribution in [3.63, 3.8) is 0 Å². The van der Waals surface area contributed by atoms with Gasteiger partial charge in [0.05, 0.1) is 6.54 Å². The number of carbonyl (C=O) groups excluding carboxylic acids is 1. The van der Waals surface area contributed by atoms with Crippen molar-refractivity contribution in [1.29, 1.82) is 0 Å². The Morgan fingerprint density at radius 2 is 1.79 bits per heavy atom.